The van der Waals surface area contributed by atoms with Gasteiger partial charge in [-0.05, 0) is 72.2 Å². The first-order valence-electron chi connectivity index (χ1n) is 6.99. The number of aryl methyl sites for hydroxylation is 2. The molecule has 0 bridgehead atoms. The average molecular weight is 270 g/mol. The summed E-state index contributed by atoms with van der Waals surface area (Å²) in [6, 6.07) is 11.0. The van der Waals surface area contributed by atoms with Gasteiger partial charge in [0.15, 0.2) is 0 Å². The standard InChI is InChI=1S/C18H22O2/c1-11-5-7-15(19)9-17(11)13(3)14(4)18-10-16(20)8-6-12(18)2/h5-10,13-14,19-20H,1-4H3/t13-,14+. The van der Waals surface area contributed by atoms with Crippen LogP contribution in [0.15, 0.2) is 36.4 Å². The van der Waals surface area contributed by atoms with Crippen molar-refractivity contribution in [3.8, 4) is 11.5 Å². The van der Waals surface area contributed by atoms with Gasteiger partial charge < -0.3 is 10.2 Å². The third kappa shape index (κ3) is 2.79. The molecule has 0 aliphatic carbocycles. The number of phenols is 2. The van der Waals surface area contributed by atoms with Gasteiger partial charge in [0.1, 0.15) is 11.5 Å². The smallest absolute Gasteiger partial charge is 0.115 e. The van der Waals surface area contributed by atoms with Gasteiger partial charge in [0.25, 0.3) is 0 Å². The Balaban J connectivity index is 2.39. The molecule has 0 aliphatic rings. The minimum atomic E-state index is 0.266. The predicted octanol–water partition coefficient (Wildman–Crippen LogP) is 4.62. The van der Waals surface area contributed by atoms with Crippen molar-refractivity contribution >= 4 is 0 Å². The van der Waals surface area contributed by atoms with Crippen LogP contribution in [0.2, 0.25) is 0 Å². The summed E-state index contributed by atoms with van der Waals surface area (Å²) in [6.07, 6.45) is 0. The lowest BCUT2D eigenvalue weighted by molar-refractivity contribution is 0.470. The lowest BCUT2D eigenvalue weighted by atomic mass is 9.81. The van der Waals surface area contributed by atoms with E-state index in [1.807, 2.05) is 24.3 Å². The molecule has 0 aromatic heterocycles. The Morgan fingerprint density at radius 3 is 1.40 bits per heavy atom. The minimum Gasteiger partial charge on any atom is -0.508 e. The van der Waals surface area contributed by atoms with Crippen LogP contribution in [0.25, 0.3) is 0 Å². The van der Waals surface area contributed by atoms with Gasteiger partial charge in [-0.2, -0.15) is 0 Å². The molecule has 0 amide bonds. The monoisotopic (exact) mass is 270 g/mol. The zero-order chi connectivity index (χ0) is 14.9. The Kier molecular flexibility index (Phi) is 4.03. The summed E-state index contributed by atoms with van der Waals surface area (Å²) >= 11 is 0. The van der Waals surface area contributed by atoms with E-state index in [4.69, 9.17) is 0 Å². The molecule has 2 aromatic carbocycles. The lowest BCUT2D eigenvalue weighted by Gasteiger charge is -2.24. The quantitative estimate of drug-likeness (QED) is 0.854. The predicted molar refractivity (Wildman–Crippen MR) is 82.5 cm³/mol. The summed E-state index contributed by atoms with van der Waals surface area (Å²) in [5.74, 6) is 1.14. The van der Waals surface area contributed by atoms with Crippen LogP contribution in [0.5, 0.6) is 11.5 Å². The third-order valence-electron chi connectivity index (χ3n) is 4.26. The van der Waals surface area contributed by atoms with Crippen molar-refractivity contribution in [3.05, 3.63) is 58.7 Å². The Hall–Kier alpha value is -1.96. The topological polar surface area (TPSA) is 40.5 Å². The largest absolute Gasteiger partial charge is 0.508 e. The first-order chi connectivity index (χ1) is 9.40. The summed E-state index contributed by atoms with van der Waals surface area (Å²) in [5.41, 5.74) is 4.67. The zero-order valence-electron chi connectivity index (χ0n) is 12.5. The third-order valence-corrected chi connectivity index (χ3v) is 4.26. The molecule has 20 heavy (non-hydrogen) atoms. The summed E-state index contributed by atoms with van der Waals surface area (Å²) in [7, 11) is 0. The van der Waals surface area contributed by atoms with E-state index in [1.54, 1.807) is 12.1 Å². The zero-order valence-corrected chi connectivity index (χ0v) is 12.5. The lowest BCUT2D eigenvalue weighted by Crippen LogP contribution is -2.08. The molecule has 2 atom stereocenters. The van der Waals surface area contributed by atoms with E-state index >= 15 is 0 Å². The molecule has 0 aliphatic heterocycles. The van der Waals surface area contributed by atoms with Crippen LogP contribution >= 0.6 is 0 Å². The van der Waals surface area contributed by atoms with Gasteiger partial charge >= 0.3 is 0 Å². The van der Waals surface area contributed by atoms with Gasteiger partial charge in [0.05, 0.1) is 0 Å². The average Bonchev–Trinajstić information content (AvgIpc) is 2.42. The summed E-state index contributed by atoms with van der Waals surface area (Å²) in [5, 5.41) is 19.4. The van der Waals surface area contributed by atoms with Crippen LogP contribution in [-0.4, -0.2) is 10.2 Å². The molecule has 2 nitrogen and oxygen atoms in total. The van der Waals surface area contributed by atoms with E-state index in [9.17, 15) is 10.2 Å². The van der Waals surface area contributed by atoms with E-state index in [-0.39, 0.29) is 11.8 Å². The Morgan fingerprint density at radius 2 is 1.05 bits per heavy atom. The highest BCUT2D eigenvalue weighted by atomic mass is 16.3. The number of aromatic hydroxyl groups is 2. The SMILES string of the molecule is Cc1ccc(O)cc1[C@@H](C)[C@@H](C)c1cc(O)ccc1C. The molecule has 2 heteroatoms. The first-order valence-corrected chi connectivity index (χ1v) is 6.99. The van der Waals surface area contributed by atoms with Crippen molar-refractivity contribution < 1.29 is 10.2 Å². The highest BCUT2D eigenvalue weighted by Crippen LogP contribution is 2.37. The van der Waals surface area contributed by atoms with Crippen LogP contribution in [0, 0.1) is 13.8 Å². The molecule has 0 fully saturated rings. The number of rotatable bonds is 3. The van der Waals surface area contributed by atoms with Crippen molar-refractivity contribution in [2.45, 2.75) is 39.5 Å². The normalized spacial score (nSPS) is 14.0. The van der Waals surface area contributed by atoms with Crippen LogP contribution in [0.3, 0.4) is 0 Å². The van der Waals surface area contributed by atoms with Gasteiger partial charge in [-0.25, -0.2) is 0 Å². The van der Waals surface area contributed by atoms with Crippen molar-refractivity contribution in [1.29, 1.82) is 0 Å². The van der Waals surface area contributed by atoms with Gasteiger partial charge in [-0.3, -0.25) is 0 Å². The molecule has 0 unspecified atom stereocenters. The number of hydrogen-bond donors (Lipinski definition) is 2. The van der Waals surface area contributed by atoms with Crippen molar-refractivity contribution in [3.63, 3.8) is 0 Å². The highest BCUT2D eigenvalue weighted by molar-refractivity contribution is 5.41. The molecule has 2 rings (SSSR count). The van der Waals surface area contributed by atoms with Crippen LogP contribution in [0.4, 0.5) is 0 Å². The van der Waals surface area contributed by atoms with Crippen LogP contribution in [-0.2, 0) is 0 Å². The van der Waals surface area contributed by atoms with Crippen molar-refractivity contribution in [1.82, 2.24) is 0 Å². The maximum atomic E-state index is 9.70. The van der Waals surface area contributed by atoms with Gasteiger partial charge in [0.2, 0.25) is 0 Å². The van der Waals surface area contributed by atoms with E-state index < -0.39 is 0 Å². The number of hydrogen-bond acceptors (Lipinski definition) is 2. The van der Waals surface area contributed by atoms with Crippen molar-refractivity contribution in [2.75, 3.05) is 0 Å². The maximum Gasteiger partial charge on any atom is 0.115 e. The molecule has 0 saturated carbocycles. The number of benzene rings is 2. The molecular formula is C18H22O2. The molecule has 106 valence electrons. The molecule has 0 saturated heterocycles. The maximum absolute atomic E-state index is 9.70. The van der Waals surface area contributed by atoms with E-state index in [2.05, 4.69) is 27.7 Å². The molecule has 0 heterocycles. The van der Waals surface area contributed by atoms with Crippen molar-refractivity contribution in [2.24, 2.45) is 0 Å². The second kappa shape index (κ2) is 5.58. The summed E-state index contributed by atoms with van der Waals surface area (Å²) in [6.45, 7) is 8.45. The fourth-order valence-corrected chi connectivity index (χ4v) is 2.78. The highest BCUT2D eigenvalue weighted by Gasteiger charge is 2.20. The summed E-state index contributed by atoms with van der Waals surface area (Å²) in [4.78, 5) is 0. The van der Waals surface area contributed by atoms with Crippen LogP contribution < -0.4 is 0 Å². The van der Waals surface area contributed by atoms with E-state index in [0.717, 1.165) is 11.1 Å². The molecule has 0 spiro atoms. The fourth-order valence-electron chi connectivity index (χ4n) is 2.78. The molecular weight excluding hydrogens is 248 g/mol. The van der Waals surface area contributed by atoms with Gasteiger partial charge in [-0.1, -0.05) is 26.0 Å². The molecule has 0 radical (unpaired) electrons. The molecule has 2 aromatic rings. The number of phenolic OH excluding ortho intramolecular Hbond substituents is 2. The minimum absolute atomic E-state index is 0.266. The second-order valence-corrected chi connectivity index (χ2v) is 5.66. The Bertz CT molecular complexity index is 561. The summed E-state index contributed by atoms with van der Waals surface area (Å²) < 4.78 is 0. The van der Waals surface area contributed by atoms with Gasteiger partial charge in [0, 0.05) is 0 Å². The van der Waals surface area contributed by atoms with E-state index in [1.165, 1.54) is 11.1 Å². The Morgan fingerprint density at radius 1 is 0.700 bits per heavy atom. The van der Waals surface area contributed by atoms with Gasteiger partial charge in [-0.15, -0.1) is 0 Å². The van der Waals surface area contributed by atoms with Crippen LogP contribution in [0.1, 0.15) is 47.9 Å². The fraction of sp³-hybridized carbons (Fsp3) is 0.333. The second-order valence-electron chi connectivity index (χ2n) is 5.66. The molecule has 2 N–H and O–H groups in total. The first kappa shape index (κ1) is 14.4. The Labute approximate surface area is 120 Å². The van der Waals surface area contributed by atoms with E-state index in [0.29, 0.717) is 11.5 Å².